The van der Waals surface area contributed by atoms with Crippen LogP contribution >= 0.6 is 11.6 Å². The Kier molecular flexibility index (Phi) is 5.97. The zero-order chi connectivity index (χ0) is 23.7. The largest absolute Gasteiger partial charge is 0.490 e. The zero-order valence-electron chi connectivity index (χ0n) is 18.2. The Morgan fingerprint density at radius 2 is 2.09 bits per heavy atom. The third kappa shape index (κ3) is 4.01. The second kappa shape index (κ2) is 9.22. The van der Waals surface area contributed by atoms with E-state index in [1.807, 2.05) is 0 Å². The minimum Gasteiger partial charge on any atom is -0.490 e. The Bertz CT molecular complexity index is 1330. The second-order valence-electron chi connectivity index (χ2n) is 7.64. The van der Waals surface area contributed by atoms with E-state index in [2.05, 4.69) is 20.3 Å². The fourth-order valence-electron chi connectivity index (χ4n) is 4.07. The molecule has 2 aromatic heterocycles. The Morgan fingerprint density at radius 3 is 2.88 bits per heavy atom. The summed E-state index contributed by atoms with van der Waals surface area (Å²) >= 11 is 6.17. The fraction of sp³-hybridized carbons (Fsp3) is 0.261. The number of likely N-dealkylation sites (tertiary alicyclic amines) is 1. The first-order valence-corrected chi connectivity index (χ1v) is 11.2. The van der Waals surface area contributed by atoms with E-state index in [0.29, 0.717) is 40.6 Å². The van der Waals surface area contributed by atoms with Gasteiger partial charge in [-0.2, -0.15) is 20.0 Å². The van der Waals surface area contributed by atoms with Gasteiger partial charge in [0.1, 0.15) is 0 Å². The standard InChI is InChI=1S/C23H20ClFN6O3/c1-2-33-20-16(5-3-6-17(20)25)22-28-21(29-34-22)18-7-4-12-30(18)23(32)15-9-8-14(24)13-19(15)31-26-10-11-27-31/h3,5-6,8-11,13,18H,2,4,7,12H2,1H3. The molecule has 1 fully saturated rings. The van der Waals surface area contributed by atoms with E-state index >= 15 is 0 Å². The van der Waals surface area contributed by atoms with Crippen LogP contribution in [0.5, 0.6) is 5.75 Å². The van der Waals surface area contributed by atoms with Crippen molar-refractivity contribution in [1.82, 2.24) is 30.0 Å². The molecule has 1 atom stereocenters. The van der Waals surface area contributed by atoms with Crippen LogP contribution in [0.15, 0.2) is 53.3 Å². The lowest BCUT2D eigenvalue weighted by atomic mass is 10.1. The summed E-state index contributed by atoms with van der Waals surface area (Å²) < 4.78 is 25.2. The number of para-hydroxylation sites is 1. The summed E-state index contributed by atoms with van der Waals surface area (Å²) in [6.07, 6.45) is 4.48. The van der Waals surface area contributed by atoms with Crippen molar-refractivity contribution in [2.45, 2.75) is 25.8 Å². The molecular weight excluding hydrogens is 463 g/mol. The van der Waals surface area contributed by atoms with E-state index < -0.39 is 11.9 Å². The first-order valence-electron chi connectivity index (χ1n) is 10.8. The van der Waals surface area contributed by atoms with Gasteiger partial charge in [0.25, 0.3) is 11.8 Å². The number of hydrogen-bond acceptors (Lipinski definition) is 7. The minimum absolute atomic E-state index is 0.0529. The fourth-order valence-corrected chi connectivity index (χ4v) is 4.24. The monoisotopic (exact) mass is 482 g/mol. The molecule has 1 unspecified atom stereocenters. The number of rotatable bonds is 6. The second-order valence-corrected chi connectivity index (χ2v) is 8.08. The minimum atomic E-state index is -0.515. The van der Waals surface area contributed by atoms with Crippen LogP contribution < -0.4 is 4.74 Å². The van der Waals surface area contributed by atoms with Crippen molar-refractivity contribution < 1.29 is 18.4 Å². The molecular formula is C23H20ClFN6O3. The number of halogens is 2. The highest BCUT2D eigenvalue weighted by atomic mass is 35.5. The molecule has 0 saturated carbocycles. The molecule has 0 spiro atoms. The molecule has 0 radical (unpaired) electrons. The number of carbonyl (C=O) groups excluding carboxylic acids is 1. The predicted molar refractivity (Wildman–Crippen MR) is 120 cm³/mol. The van der Waals surface area contributed by atoms with Gasteiger partial charge in [-0.05, 0) is 50.1 Å². The number of hydrogen-bond donors (Lipinski definition) is 0. The number of carbonyl (C=O) groups is 1. The molecule has 0 N–H and O–H groups in total. The lowest BCUT2D eigenvalue weighted by molar-refractivity contribution is 0.0728. The summed E-state index contributed by atoms with van der Waals surface area (Å²) in [5, 5.41) is 12.8. The third-order valence-corrected chi connectivity index (χ3v) is 5.80. The number of benzene rings is 2. The van der Waals surface area contributed by atoms with Crippen molar-refractivity contribution in [3.05, 3.63) is 71.0 Å². The normalized spacial score (nSPS) is 15.6. The summed E-state index contributed by atoms with van der Waals surface area (Å²) in [6.45, 7) is 2.57. The van der Waals surface area contributed by atoms with Gasteiger partial charge < -0.3 is 14.2 Å². The molecule has 174 valence electrons. The maximum absolute atomic E-state index is 14.3. The van der Waals surface area contributed by atoms with Gasteiger partial charge >= 0.3 is 0 Å². The first kappa shape index (κ1) is 22.0. The Balaban J connectivity index is 1.46. The zero-order valence-corrected chi connectivity index (χ0v) is 18.9. The maximum Gasteiger partial charge on any atom is 0.261 e. The number of amides is 1. The molecule has 1 aliphatic rings. The molecule has 0 aliphatic carbocycles. The van der Waals surface area contributed by atoms with E-state index in [4.69, 9.17) is 20.9 Å². The first-order chi connectivity index (χ1) is 16.6. The topological polar surface area (TPSA) is 99.2 Å². The summed E-state index contributed by atoms with van der Waals surface area (Å²) in [6, 6.07) is 9.06. The van der Waals surface area contributed by atoms with Crippen LogP contribution in [-0.4, -0.2) is 49.1 Å². The van der Waals surface area contributed by atoms with Gasteiger partial charge in [-0.25, -0.2) is 4.39 Å². The summed E-state index contributed by atoms with van der Waals surface area (Å²) in [5.74, 6) is -0.208. The smallest absolute Gasteiger partial charge is 0.261 e. The maximum atomic E-state index is 14.3. The average molecular weight is 483 g/mol. The number of aromatic nitrogens is 5. The van der Waals surface area contributed by atoms with Crippen molar-refractivity contribution in [2.24, 2.45) is 0 Å². The van der Waals surface area contributed by atoms with Gasteiger partial charge in [-0.3, -0.25) is 4.79 Å². The summed E-state index contributed by atoms with van der Waals surface area (Å²) in [7, 11) is 0. The third-order valence-electron chi connectivity index (χ3n) is 5.56. The molecule has 11 heteroatoms. The predicted octanol–water partition coefficient (Wildman–Crippen LogP) is 4.49. The summed E-state index contributed by atoms with van der Waals surface area (Å²) in [4.78, 5) is 21.1. The molecule has 4 aromatic rings. The van der Waals surface area contributed by atoms with Crippen molar-refractivity contribution in [3.63, 3.8) is 0 Å². The van der Waals surface area contributed by atoms with Gasteiger partial charge in [0.15, 0.2) is 17.4 Å². The van der Waals surface area contributed by atoms with Crippen LogP contribution in [0, 0.1) is 5.82 Å². The average Bonchev–Trinajstić information content (AvgIpc) is 3.61. The van der Waals surface area contributed by atoms with E-state index in [1.54, 1.807) is 42.2 Å². The summed E-state index contributed by atoms with van der Waals surface area (Å²) in [5.41, 5.74) is 1.24. The number of ether oxygens (including phenoxy) is 1. The van der Waals surface area contributed by atoms with Crippen molar-refractivity contribution in [3.8, 4) is 22.9 Å². The van der Waals surface area contributed by atoms with Gasteiger partial charge in [0, 0.05) is 11.6 Å². The quantitative estimate of drug-likeness (QED) is 0.399. The molecule has 1 saturated heterocycles. The molecule has 1 amide bonds. The van der Waals surface area contributed by atoms with Crippen LogP contribution in [0.3, 0.4) is 0 Å². The Hall–Kier alpha value is -3.79. The highest BCUT2D eigenvalue weighted by molar-refractivity contribution is 6.31. The van der Waals surface area contributed by atoms with E-state index in [1.165, 1.54) is 23.3 Å². The molecule has 1 aliphatic heterocycles. The molecule has 9 nitrogen and oxygen atoms in total. The molecule has 2 aromatic carbocycles. The van der Waals surface area contributed by atoms with Crippen molar-refractivity contribution in [2.75, 3.05) is 13.2 Å². The molecule has 5 rings (SSSR count). The van der Waals surface area contributed by atoms with Gasteiger partial charge in [0.2, 0.25) is 0 Å². The van der Waals surface area contributed by atoms with Gasteiger partial charge in [-0.15, -0.1) is 0 Å². The molecule has 3 heterocycles. The highest BCUT2D eigenvalue weighted by Crippen LogP contribution is 2.36. The van der Waals surface area contributed by atoms with E-state index in [0.717, 1.165) is 6.42 Å². The van der Waals surface area contributed by atoms with E-state index in [-0.39, 0.29) is 24.2 Å². The van der Waals surface area contributed by atoms with Crippen LogP contribution in [0.4, 0.5) is 4.39 Å². The molecule has 0 bridgehead atoms. The SMILES string of the molecule is CCOc1c(F)cccc1-c1nc(C2CCCN2C(=O)c2ccc(Cl)cc2-n2nccn2)no1. The lowest BCUT2D eigenvalue weighted by Crippen LogP contribution is -2.32. The Labute approximate surface area is 199 Å². The number of nitrogens with zero attached hydrogens (tertiary/aromatic N) is 6. The van der Waals surface area contributed by atoms with Crippen molar-refractivity contribution in [1.29, 1.82) is 0 Å². The lowest BCUT2D eigenvalue weighted by Gasteiger charge is -2.23. The van der Waals surface area contributed by atoms with Gasteiger partial charge in [-0.1, -0.05) is 22.8 Å². The van der Waals surface area contributed by atoms with Gasteiger partial charge in [0.05, 0.1) is 41.9 Å². The Morgan fingerprint density at radius 1 is 1.26 bits per heavy atom. The van der Waals surface area contributed by atoms with E-state index in [9.17, 15) is 9.18 Å². The van der Waals surface area contributed by atoms with Crippen molar-refractivity contribution >= 4 is 17.5 Å². The van der Waals surface area contributed by atoms with Crippen LogP contribution in [0.1, 0.15) is 42.0 Å². The van der Waals surface area contributed by atoms with Crippen LogP contribution in [-0.2, 0) is 0 Å². The van der Waals surface area contributed by atoms with Crippen LogP contribution in [0.25, 0.3) is 17.1 Å². The van der Waals surface area contributed by atoms with Crippen LogP contribution in [0.2, 0.25) is 5.02 Å². The highest BCUT2D eigenvalue weighted by Gasteiger charge is 2.35. The molecule has 34 heavy (non-hydrogen) atoms.